The SMILES string of the molecule is Cc1ccnc(N2Cc3nn(-c4ccc(N5CC[C@@H](F)C5)nc4)cc3C2=O)c1. The van der Waals surface area contributed by atoms with Crippen molar-refractivity contribution >= 4 is 17.5 Å². The molecule has 0 spiro atoms. The molecule has 2 aliphatic heterocycles. The molecule has 3 aromatic rings. The third-order valence-corrected chi connectivity index (χ3v) is 5.20. The van der Waals surface area contributed by atoms with Crippen LogP contribution in [0.3, 0.4) is 0 Å². The van der Waals surface area contributed by atoms with Crippen LogP contribution in [-0.2, 0) is 6.54 Å². The first-order chi connectivity index (χ1) is 13.6. The van der Waals surface area contributed by atoms with Gasteiger partial charge in [0.25, 0.3) is 5.91 Å². The number of aromatic nitrogens is 4. The van der Waals surface area contributed by atoms with Crippen molar-refractivity contribution in [3.05, 3.63) is 59.7 Å². The maximum atomic E-state index is 13.4. The van der Waals surface area contributed by atoms with Crippen molar-refractivity contribution in [1.29, 1.82) is 0 Å². The van der Waals surface area contributed by atoms with Gasteiger partial charge in [-0.2, -0.15) is 5.10 Å². The molecule has 5 heterocycles. The summed E-state index contributed by atoms with van der Waals surface area (Å²) < 4.78 is 15.1. The van der Waals surface area contributed by atoms with Crippen LogP contribution in [-0.4, -0.2) is 44.9 Å². The summed E-state index contributed by atoms with van der Waals surface area (Å²) in [5, 5.41) is 4.56. The minimum Gasteiger partial charge on any atom is -0.354 e. The molecule has 1 saturated heterocycles. The van der Waals surface area contributed by atoms with Crippen LogP contribution < -0.4 is 9.80 Å². The second kappa shape index (κ2) is 6.40. The average Bonchev–Trinajstić information content (AvgIpc) is 3.38. The van der Waals surface area contributed by atoms with E-state index >= 15 is 0 Å². The lowest BCUT2D eigenvalue weighted by Gasteiger charge is -2.16. The Morgan fingerprint density at radius 2 is 2.07 bits per heavy atom. The van der Waals surface area contributed by atoms with Crippen molar-refractivity contribution in [2.45, 2.75) is 26.1 Å². The van der Waals surface area contributed by atoms with Gasteiger partial charge in [0.15, 0.2) is 0 Å². The number of nitrogens with zero attached hydrogens (tertiary/aromatic N) is 6. The Kier molecular flexibility index (Phi) is 3.85. The highest BCUT2D eigenvalue weighted by molar-refractivity contribution is 6.09. The minimum atomic E-state index is -0.785. The molecule has 0 aliphatic carbocycles. The zero-order valence-corrected chi connectivity index (χ0v) is 15.4. The zero-order valence-electron chi connectivity index (χ0n) is 15.4. The molecule has 8 heteroatoms. The molecular formula is C20H19FN6O. The van der Waals surface area contributed by atoms with Crippen LogP contribution in [0.1, 0.15) is 28.0 Å². The standard InChI is InChI=1S/C20H19FN6O/c1-13-4-6-22-19(8-13)26-12-17-16(20(26)28)11-27(24-17)15-2-3-18(23-9-15)25-7-5-14(21)10-25/h2-4,6,8-9,11,14H,5,7,10,12H2,1H3/t14-/m1/s1. The van der Waals surface area contributed by atoms with Crippen LogP contribution in [0.2, 0.25) is 0 Å². The third-order valence-electron chi connectivity index (χ3n) is 5.20. The van der Waals surface area contributed by atoms with Gasteiger partial charge in [-0.25, -0.2) is 19.0 Å². The normalized spacial score (nSPS) is 18.8. The van der Waals surface area contributed by atoms with E-state index in [0.29, 0.717) is 37.4 Å². The van der Waals surface area contributed by atoms with Gasteiger partial charge in [0.05, 0.1) is 36.2 Å². The zero-order chi connectivity index (χ0) is 19.3. The second-order valence-corrected chi connectivity index (χ2v) is 7.22. The fourth-order valence-electron chi connectivity index (χ4n) is 3.68. The summed E-state index contributed by atoms with van der Waals surface area (Å²) in [6.45, 7) is 3.44. The summed E-state index contributed by atoms with van der Waals surface area (Å²) in [7, 11) is 0. The molecule has 1 fully saturated rings. The topological polar surface area (TPSA) is 67.2 Å². The Labute approximate surface area is 161 Å². The van der Waals surface area contributed by atoms with Crippen LogP contribution in [0.25, 0.3) is 5.69 Å². The lowest BCUT2D eigenvalue weighted by Crippen LogP contribution is -2.24. The van der Waals surface area contributed by atoms with Crippen molar-refractivity contribution in [3.63, 3.8) is 0 Å². The van der Waals surface area contributed by atoms with Gasteiger partial charge < -0.3 is 4.90 Å². The highest BCUT2D eigenvalue weighted by atomic mass is 19.1. The summed E-state index contributed by atoms with van der Waals surface area (Å²) in [6, 6.07) is 7.54. The number of fused-ring (bicyclic) bond motifs is 1. The van der Waals surface area contributed by atoms with E-state index in [1.807, 2.05) is 36.1 Å². The Balaban J connectivity index is 1.37. The summed E-state index contributed by atoms with van der Waals surface area (Å²) in [4.78, 5) is 25.1. The molecule has 2 aliphatic rings. The van der Waals surface area contributed by atoms with Gasteiger partial charge in [-0.05, 0) is 43.2 Å². The maximum Gasteiger partial charge on any atom is 0.263 e. The van der Waals surface area contributed by atoms with E-state index in [4.69, 9.17) is 0 Å². The van der Waals surface area contributed by atoms with Crippen LogP contribution in [0.5, 0.6) is 0 Å². The van der Waals surface area contributed by atoms with Crippen molar-refractivity contribution < 1.29 is 9.18 Å². The molecule has 1 amide bonds. The van der Waals surface area contributed by atoms with Gasteiger partial charge in [0, 0.05) is 18.9 Å². The van der Waals surface area contributed by atoms with E-state index in [2.05, 4.69) is 15.1 Å². The lowest BCUT2D eigenvalue weighted by atomic mass is 10.3. The smallest absolute Gasteiger partial charge is 0.263 e. The van der Waals surface area contributed by atoms with E-state index in [9.17, 15) is 9.18 Å². The molecule has 7 nitrogen and oxygen atoms in total. The first-order valence-electron chi connectivity index (χ1n) is 9.27. The molecule has 0 saturated carbocycles. The van der Waals surface area contributed by atoms with Crippen molar-refractivity contribution in [3.8, 4) is 5.69 Å². The highest BCUT2D eigenvalue weighted by Gasteiger charge is 2.32. The van der Waals surface area contributed by atoms with Crippen molar-refractivity contribution in [2.75, 3.05) is 22.9 Å². The van der Waals surface area contributed by atoms with E-state index in [1.54, 1.807) is 28.2 Å². The van der Waals surface area contributed by atoms with E-state index in [0.717, 1.165) is 22.8 Å². The van der Waals surface area contributed by atoms with E-state index in [-0.39, 0.29) is 5.91 Å². The number of pyridine rings is 2. The Bertz CT molecular complexity index is 1050. The molecule has 3 aromatic heterocycles. The number of rotatable bonds is 3. The highest BCUT2D eigenvalue weighted by Crippen LogP contribution is 2.28. The fraction of sp³-hybridized carbons (Fsp3) is 0.300. The van der Waals surface area contributed by atoms with Crippen LogP contribution in [0.15, 0.2) is 42.9 Å². The lowest BCUT2D eigenvalue weighted by molar-refractivity contribution is 0.0995. The third kappa shape index (κ3) is 2.81. The molecular weight excluding hydrogens is 359 g/mol. The number of aryl methyl sites for hydroxylation is 1. The number of hydrogen-bond donors (Lipinski definition) is 0. The number of carbonyl (C=O) groups is 1. The van der Waals surface area contributed by atoms with Crippen molar-refractivity contribution in [1.82, 2.24) is 19.7 Å². The minimum absolute atomic E-state index is 0.102. The quantitative estimate of drug-likeness (QED) is 0.701. The fourth-order valence-corrected chi connectivity index (χ4v) is 3.68. The predicted molar refractivity (Wildman–Crippen MR) is 103 cm³/mol. The number of carbonyl (C=O) groups excluding carboxylic acids is 1. The van der Waals surface area contributed by atoms with Crippen molar-refractivity contribution in [2.24, 2.45) is 0 Å². The van der Waals surface area contributed by atoms with E-state index in [1.165, 1.54) is 0 Å². The molecule has 142 valence electrons. The van der Waals surface area contributed by atoms with Crippen LogP contribution in [0, 0.1) is 6.92 Å². The molecule has 0 radical (unpaired) electrons. The monoisotopic (exact) mass is 378 g/mol. The number of amides is 1. The van der Waals surface area contributed by atoms with Crippen LogP contribution in [0.4, 0.5) is 16.0 Å². The number of alkyl halides is 1. The van der Waals surface area contributed by atoms with Gasteiger partial charge in [-0.3, -0.25) is 9.69 Å². The predicted octanol–water partition coefficient (Wildman–Crippen LogP) is 2.68. The first-order valence-corrected chi connectivity index (χ1v) is 9.27. The molecule has 0 N–H and O–H groups in total. The largest absolute Gasteiger partial charge is 0.354 e. The molecule has 28 heavy (non-hydrogen) atoms. The number of anilines is 2. The average molecular weight is 378 g/mol. The molecule has 1 atom stereocenters. The van der Waals surface area contributed by atoms with E-state index < -0.39 is 6.17 Å². The summed E-state index contributed by atoms with van der Waals surface area (Å²) >= 11 is 0. The van der Waals surface area contributed by atoms with Gasteiger partial charge >= 0.3 is 0 Å². The molecule has 5 rings (SSSR count). The van der Waals surface area contributed by atoms with Gasteiger partial charge in [-0.1, -0.05) is 0 Å². The number of hydrogen-bond acceptors (Lipinski definition) is 5. The summed E-state index contributed by atoms with van der Waals surface area (Å²) in [6.07, 6.45) is 4.90. The first kappa shape index (κ1) is 16.9. The second-order valence-electron chi connectivity index (χ2n) is 7.22. The molecule has 0 bridgehead atoms. The Morgan fingerprint density at radius 1 is 1.18 bits per heavy atom. The Hall–Kier alpha value is -3.29. The Morgan fingerprint density at radius 3 is 2.75 bits per heavy atom. The van der Waals surface area contributed by atoms with Crippen LogP contribution >= 0.6 is 0 Å². The number of halogens is 1. The van der Waals surface area contributed by atoms with Gasteiger partial charge in [0.1, 0.15) is 17.8 Å². The summed E-state index contributed by atoms with van der Waals surface area (Å²) in [5.74, 6) is 1.30. The molecule has 0 unspecified atom stereocenters. The van der Waals surface area contributed by atoms with Gasteiger partial charge in [0.2, 0.25) is 0 Å². The maximum absolute atomic E-state index is 13.4. The van der Waals surface area contributed by atoms with Gasteiger partial charge in [-0.15, -0.1) is 0 Å². The summed E-state index contributed by atoms with van der Waals surface area (Å²) in [5.41, 5.74) is 3.11. The molecule has 0 aromatic carbocycles.